The van der Waals surface area contributed by atoms with E-state index in [1.54, 1.807) is 0 Å². The van der Waals surface area contributed by atoms with Crippen LogP contribution < -0.4 is 5.32 Å². The van der Waals surface area contributed by atoms with Gasteiger partial charge in [0.05, 0.1) is 0 Å². The number of rotatable bonds is 3. The summed E-state index contributed by atoms with van der Waals surface area (Å²) in [5, 5.41) is 7.41. The summed E-state index contributed by atoms with van der Waals surface area (Å²) >= 11 is 0. The SMILES string of the molecule is C1CC(c2nc(CC3CC3)no2)CCN1.Cl. The second-order valence-electron chi connectivity index (χ2n) is 4.72. The second kappa shape index (κ2) is 5.15. The van der Waals surface area contributed by atoms with Crippen LogP contribution >= 0.6 is 12.4 Å². The van der Waals surface area contributed by atoms with Gasteiger partial charge in [0, 0.05) is 12.3 Å². The zero-order valence-electron chi connectivity index (χ0n) is 9.32. The van der Waals surface area contributed by atoms with Crippen molar-refractivity contribution in [2.24, 2.45) is 5.92 Å². The number of nitrogens with one attached hydrogen (secondary N) is 1. The topological polar surface area (TPSA) is 51.0 Å². The zero-order chi connectivity index (χ0) is 10.1. The number of nitrogens with zero attached hydrogens (tertiary/aromatic N) is 2. The van der Waals surface area contributed by atoms with Crippen LogP contribution in [0.25, 0.3) is 0 Å². The van der Waals surface area contributed by atoms with E-state index < -0.39 is 0 Å². The van der Waals surface area contributed by atoms with Crippen molar-refractivity contribution in [3.63, 3.8) is 0 Å². The maximum atomic E-state index is 5.34. The fraction of sp³-hybridized carbons (Fsp3) is 0.818. The molecule has 0 atom stereocenters. The molecule has 0 aromatic carbocycles. The summed E-state index contributed by atoms with van der Waals surface area (Å²) in [5.74, 6) is 3.12. The van der Waals surface area contributed by atoms with Gasteiger partial charge in [-0.25, -0.2) is 0 Å². The van der Waals surface area contributed by atoms with Gasteiger partial charge in [0.2, 0.25) is 5.89 Å². The van der Waals surface area contributed by atoms with Gasteiger partial charge in [-0.15, -0.1) is 12.4 Å². The average molecular weight is 244 g/mol. The largest absolute Gasteiger partial charge is 0.339 e. The van der Waals surface area contributed by atoms with Crippen LogP contribution in [-0.2, 0) is 6.42 Å². The molecule has 0 radical (unpaired) electrons. The molecule has 1 N–H and O–H groups in total. The minimum absolute atomic E-state index is 0. The van der Waals surface area contributed by atoms with Gasteiger partial charge < -0.3 is 9.84 Å². The highest BCUT2D eigenvalue weighted by Gasteiger charge is 2.26. The summed E-state index contributed by atoms with van der Waals surface area (Å²) in [6.07, 6.45) is 5.97. The first-order valence-corrected chi connectivity index (χ1v) is 5.95. The lowest BCUT2D eigenvalue weighted by Crippen LogP contribution is -2.26. The minimum Gasteiger partial charge on any atom is -0.339 e. The normalized spacial score (nSPS) is 21.8. The quantitative estimate of drug-likeness (QED) is 0.881. The molecule has 1 saturated carbocycles. The number of hydrogen-bond acceptors (Lipinski definition) is 4. The van der Waals surface area contributed by atoms with Gasteiger partial charge in [0.25, 0.3) is 0 Å². The average Bonchev–Trinajstić information content (AvgIpc) is 2.96. The summed E-state index contributed by atoms with van der Waals surface area (Å²) in [7, 11) is 0. The van der Waals surface area contributed by atoms with Gasteiger partial charge in [-0.3, -0.25) is 0 Å². The van der Waals surface area contributed by atoms with Crippen molar-refractivity contribution >= 4 is 12.4 Å². The lowest BCUT2D eigenvalue weighted by atomic mass is 9.98. The summed E-state index contributed by atoms with van der Waals surface area (Å²) in [4.78, 5) is 4.51. The Balaban J connectivity index is 0.000000963. The standard InChI is InChI=1S/C11H17N3O.ClH/c1-2-8(1)7-10-13-11(15-14-10)9-3-5-12-6-4-9;/h8-9,12H,1-7H2;1H. The number of aromatic nitrogens is 2. The molecule has 1 aromatic rings. The fourth-order valence-corrected chi connectivity index (χ4v) is 2.17. The molecule has 4 nitrogen and oxygen atoms in total. The third-order valence-electron chi connectivity index (χ3n) is 3.34. The molecule has 1 aliphatic carbocycles. The first-order chi connectivity index (χ1) is 7.42. The van der Waals surface area contributed by atoms with E-state index in [9.17, 15) is 0 Å². The van der Waals surface area contributed by atoms with Crippen molar-refractivity contribution in [2.75, 3.05) is 13.1 Å². The molecular weight excluding hydrogens is 226 g/mol. The van der Waals surface area contributed by atoms with Crippen molar-refractivity contribution in [3.8, 4) is 0 Å². The number of hydrogen-bond donors (Lipinski definition) is 1. The van der Waals surface area contributed by atoms with Crippen molar-refractivity contribution < 1.29 is 4.52 Å². The van der Waals surface area contributed by atoms with E-state index in [-0.39, 0.29) is 12.4 Å². The Morgan fingerprint density at radius 2 is 1.94 bits per heavy atom. The smallest absolute Gasteiger partial charge is 0.229 e. The van der Waals surface area contributed by atoms with E-state index in [1.807, 2.05) is 0 Å². The molecule has 0 bridgehead atoms. The molecule has 2 fully saturated rings. The van der Waals surface area contributed by atoms with E-state index in [4.69, 9.17) is 4.52 Å². The highest BCUT2D eigenvalue weighted by molar-refractivity contribution is 5.85. The van der Waals surface area contributed by atoms with Crippen molar-refractivity contribution in [2.45, 2.75) is 38.0 Å². The Labute approximate surface area is 102 Å². The van der Waals surface area contributed by atoms with Crippen LogP contribution in [0.15, 0.2) is 4.52 Å². The lowest BCUT2D eigenvalue weighted by Gasteiger charge is -2.18. The van der Waals surface area contributed by atoms with Crippen LogP contribution in [0.1, 0.15) is 43.3 Å². The third-order valence-corrected chi connectivity index (χ3v) is 3.34. The molecule has 2 aliphatic rings. The van der Waals surface area contributed by atoms with E-state index in [1.165, 1.54) is 12.8 Å². The Kier molecular flexibility index (Phi) is 3.82. The van der Waals surface area contributed by atoms with E-state index in [0.717, 1.165) is 50.0 Å². The predicted octanol–water partition coefficient (Wildman–Crippen LogP) is 1.91. The van der Waals surface area contributed by atoms with Gasteiger partial charge in [0.15, 0.2) is 5.82 Å². The van der Waals surface area contributed by atoms with E-state index in [2.05, 4.69) is 15.5 Å². The van der Waals surface area contributed by atoms with Crippen LogP contribution in [0, 0.1) is 5.92 Å². The van der Waals surface area contributed by atoms with Crippen LogP contribution in [0.3, 0.4) is 0 Å². The third kappa shape index (κ3) is 2.74. The van der Waals surface area contributed by atoms with Crippen molar-refractivity contribution in [1.29, 1.82) is 0 Å². The molecule has 3 rings (SSSR count). The van der Waals surface area contributed by atoms with Gasteiger partial charge in [0.1, 0.15) is 0 Å². The maximum absolute atomic E-state index is 5.34. The molecular formula is C11H18ClN3O. The molecule has 0 amide bonds. The number of piperidine rings is 1. The van der Waals surface area contributed by atoms with Crippen LogP contribution in [0.2, 0.25) is 0 Å². The van der Waals surface area contributed by atoms with Crippen molar-refractivity contribution in [1.82, 2.24) is 15.5 Å². The highest BCUT2D eigenvalue weighted by atomic mass is 35.5. The van der Waals surface area contributed by atoms with Gasteiger partial charge in [-0.05, 0) is 44.7 Å². The zero-order valence-corrected chi connectivity index (χ0v) is 10.1. The molecule has 90 valence electrons. The Hall–Kier alpha value is -0.610. The predicted molar refractivity (Wildman–Crippen MR) is 62.8 cm³/mol. The van der Waals surface area contributed by atoms with Gasteiger partial charge >= 0.3 is 0 Å². The summed E-state index contributed by atoms with van der Waals surface area (Å²) in [6, 6.07) is 0. The van der Waals surface area contributed by atoms with Crippen molar-refractivity contribution in [3.05, 3.63) is 11.7 Å². The molecule has 0 unspecified atom stereocenters. The molecule has 16 heavy (non-hydrogen) atoms. The lowest BCUT2D eigenvalue weighted by molar-refractivity contribution is 0.318. The monoisotopic (exact) mass is 243 g/mol. The molecule has 1 saturated heterocycles. The van der Waals surface area contributed by atoms with E-state index in [0.29, 0.717) is 5.92 Å². The number of halogens is 1. The Bertz CT molecular complexity index is 332. The minimum atomic E-state index is 0. The summed E-state index contributed by atoms with van der Waals surface area (Å²) in [5.41, 5.74) is 0. The fourth-order valence-electron chi connectivity index (χ4n) is 2.17. The highest BCUT2D eigenvalue weighted by Crippen LogP contribution is 2.32. The summed E-state index contributed by atoms with van der Waals surface area (Å²) < 4.78 is 5.34. The van der Waals surface area contributed by atoms with Gasteiger partial charge in [-0.1, -0.05) is 5.16 Å². The second-order valence-corrected chi connectivity index (χ2v) is 4.72. The maximum Gasteiger partial charge on any atom is 0.229 e. The Morgan fingerprint density at radius 1 is 1.19 bits per heavy atom. The summed E-state index contributed by atoms with van der Waals surface area (Å²) in [6.45, 7) is 2.15. The van der Waals surface area contributed by atoms with E-state index >= 15 is 0 Å². The Morgan fingerprint density at radius 3 is 2.62 bits per heavy atom. The molecule has 1 aliphatic heterocycles. The molecule has 5 heteroatoms. The van der Waals surface area contributed by atoms with Crippen LogP contribution in [0.4, 0.5) is 0 Å². The molecule has 2 heterocycles. The molecule has 1 aromatic heterocycles. The molecule has 0 spiro atoms. The first-order valence-electron chi connectivity index (χ1n) is 5.95. The van der Waals surface area contributed by atoms with Gasteiger partial charge in [-0.2, -0.15) is 4.98 Å². The van der Waals surface area contributed by atoms with Crippen LogP contribution in [0.5, 0.6) is 0 Å². The van der Waals surface area contributed by atoms with Crippen LogP contribution in [-0.4, -0.2) is 23.2 Å². The first kappa shape index (κ1) is 11.9.